The molecule has 0 aromatic carbocycles. The highest BCUT2D eigenvalue weighted by Gasteiger charge is 1.96. The van der Waals surface area contributed by atoms with Crippen molar-refractivity contribution >= 4 is 23.0 Å². The number of hydrazone groups is 1. The minimum Gasteiger partial charge on any atom is -0.375 e. The number of thiocarbonyl (C=S) groups is 1. The normalized spacial score (nSPS) is 11.8. The van der Waals surface area contributed by atoms with Crippen LogP contribution in [0.5, 0.6) is 0 Å². The third-order valence-corrected chi connectivity index (χ3v) is 1.15. The Kier molecular flexibility index (Phi) is 4.77. The molecule has 0 fully saturated rings. The van der Waals surface area contributed by atoms with E-state index in [9.17, 15) is 0 Å². The molecule has 0 unspecified atom stereocenters. The van der Waals surface area contributed by atoms with E-state index in [1.165, 1.54) is 0 Å². The van der Waals surface area contributed by atoms with Gasteiger partial charge in [0.15, 0.2) is 5.11 Å². The van der Waals surface area contributed by atoms with Crippen LogP contribution in [0.1, 0.15) is 27.2 Å². The van der Waals surface area contributed by atoms with Crippen LogP contribution in [0.4, 0.5) is 0 Å². The molecule has 0 saturated carbocycles. The Morgan fingerprint density at radius 2 is 2.18 bits per heavy atom. The molecule has 4 heteroatoms. The molecule has 0 spiro atoms. The molecule has 0 rings (SSSR count). The van der Waals surface area contributed by atoms with Gasteiger partial charge in [-0.05, 0) is 31.5 Å². The first-order valence-electron chi connectivity index (χ1n) is 3.61. The Balaban J connectivity index is 3.72. The number of hydrogen-bond donors (Lipinski definition) is 2. The van der Waals surface area contributed by atoms with E-state index >= 15 is 0 Å². The standard InChI is InChI=1S/C7H15N3S/c1-5(2)4-6(3)9-10-7(8)11/h5H,4H2,1-3H3,(H3,8,10,11)/b9-6+. The molecule has 11 heavy (non-hydrogen) atoms. The highest BCUT2D eigenvalue weighted by molar-refractivity contribution is 7.80. The van der Waals surface area contributed by atoms with Gasteiger partial charge < -0.3 is 5.73 Å². The Morgan fingerprint density at radius 3 is 2.55 bits per heavy atom. The summed E-state index contributed by atoms with van der Waals surface area (Å²) in [6.07, 6.45) is 0.968. The molecule has 0 radical (unpaired) electrons. The molecule has 64 valence electrons. The van der Waals surface area contributed by atoms with E-state index in [2.05, 4.69) is 36.6 Å². The van der Waals surface area contributed by atoms with E-state index < -0.39 is 0 Å². The molecule has 3 N–H and O–H groups in total. The lowest BCUT2D eigenvalue weighted by molar-refractivity contribution is 0.679. The molecule has 3 nitrogen and oxygen atoms in total. The molecule has 0 aromatic rings. The first kappa shape index (κ1) is 10.4. The monoisotopic (exact) mass is 173 g/mol. The van der Waals surface area contributed by atoms with E-state index in [0.717, 1.165) is 12.1 Å². The van der Waals surface area contributed by atoms with Crippen LogP contribution in [0, 0.1) is 5.92 Å². The van der Waals surface area contributed by atoms with Crippen molar-refractivity contribution in [3.8, 4) is 0 Å². The van der Waals surface area contributed by atoms with Gasteiger partial charge in [0.1, 0.15) is 0 Å². The SMILES string of the molecule is C/C(CC(C)C)=N\NC(N)=S. The maximum atomic E-state index is 5.18. The summed E-state index contributed by atoms with van der Waals surface area (Å²) in [5, 5.41) is 4.18. The van der Waals surface area contributed by atoms with E-state index in [-0.39, 0.29) is 5.11 Å². The summed E-state index contributed by atoms with van der Waals surface area (Å²) in [5.41, 5.74) is 8.75. The van der Waals surface area contributed by atoms with Crippen molar-refractivity contribution in [2.45, 2.75) is 27.2 Å². The van der Waals surface area contributed by atoms with E-state index in [1.54, 1.807) is 0 Å². The largest absolute Gasteiger partial charge is 0.375 e. The Labute approximate surface area is 73.0 Å². The fourth-order valence-corrected chi connectivity index (χ4v) is 0.833. The summed E-state index contributed by atoms with van der Waals surface area (Å²) in [6.45, 7) is 6.23. The van der Waals surface area contributed by atoms with Gasteiger partial charge >= 0.3 is 0 Å². The topological polar surface area (TPSA) is 50.4 Å². The highest BCUT2D eigenvalue weighted by Crippen LogP contribution is 1.99. The fourth-order valence-electron chi connectivity index (χ4n) is 0.787. The summed E-state index contributed by atoms with van der Waals surface area (Å²) in [4.78, 5) is 0. The molecule has 0 aromatic heterocycles. The predicted molar refractivity (Wildman–Crippen MR) is 52.5 cm³/mol. The first-order valence-corrected chi connectivity index (χ1v) is 4.01. The van der Waals surface area contributed by atoms with Gasteiger partial charge in [-0.25, -0.2) is 0 Å². The molecule has 0 atom stereocenters. The molecule has 0 aliphatic heterocycles. The average molecular weight is 173 g/mol. The van der Waals surface area contributed by atoms with Gasteiger partial charge in [0.2, 0.25) is 0 Å². The van der Waals surface area contributed by atoms with Gasteiger partial charge in [-0.2, -0.15) is 5.10 Å². The Bertz CT molecular complexity index is 163. The molecule has 0 bridgehead atoms. The second-order valence-electron chi connectivity index (χ2n) is 2.92. The van der Waals surface area contributed by atoms with Gasteiger partial charge in [-0.15, -0.1) is 0 Å². The summed E-state index contributed by atoms with van der Waals surface area (Å²) in [5.74, 6) is 0.617. The molecule has 0 amide bonds. The second-order valence-corrected chi connectivity index (χ2v) is 3.36. The first-order chi connectivity index (χ1) is 5.02. The van der Waals surface area contributed by atoms with Gasteiger partial charge in [-0.3, -0.25) is 5.43 Å². The lowest BCUT2D eigenvalue weighted by Crippen LogP contribution is -2.25. The van der Waals surface area contributed by atoms with Gasteiger partial charge in [-0.1, -0.05) is 13.8 Å². The van der Waals surface area contributed by atoms with Crippen LogP contribution in [0.3, 0.4) is 0 Å². The van der Waals surface area contributed by atoms with Crippen LogP contribution in [0.2, 0.25) is 0 Å². The quantitative estimate of drug-likeness (QED) is 0.383. The molecule has 0 aliphatic rings. The van der Waals surface area contributed by atoms with Crippen LogP contribution < -0.4 is 11.2 Å². The van der Waals surface area contributed by atoms with Crippen molar-refractivity contribution in [2.75, 3.05) is 0 Å². The van der Waals surface area contributed by atoms with Crippen molar-refractivity contribution in [1.82, 2.24) is 5.43 Å². The lowest BCUT2D eigenvalue weighted by atomic mass is 10.1. The zero-order chi connectivity index (χ0) is 8.85. The highest BCUT2D eigenvalue weighted by atomic mass is 32.1. The maximum absolute atomic E-state index is 5.18. The van der Waals surface area contributed by atoms with Crippen LogP contribution in [-0.2, 0) is 0 Å². The Morgan fingerprint density at radius 1 is 1.64 bits per heavy atom. The minimum atomic E-state index is 0.216. The lowest BCUT2D eigenvalue weighted by Gasteiger charge is -2.03. The van der Waals surface area contributed by atoms with Crippen LogP contribution in [0.25, 0.3) is 0 Å². The van der Waals surface area contributed by atoms with Gasteiger partial charge in [0.25, 0.3) is 0 Å². The predicted octanol–water partition coefficient (Wildman–Crippen LogP) is 1.24. The van der Waals surface area contributed by atoms with Gasteiger partial charge in [0, 0.05) is 5.71 Å². The van der Waals surface area contributed by atoms with Crippen molar-refractivity contribution in [3.63, 3.8) is 0 Å². The van der Waals surface area contributed by atoms with E-state index in [0.29, 0.717) is 5.92 Å². The number of rotatable bonds is 3. The van der Waals surface area contributed by atoms with Crippen LogP contribution >= 0.6 is 12.2 Å². The molecule has 0 heterocycles. The number of nitrogens with one attached hydrogen (secondary N) is 1. The summed E-state index contributed by atoms with van der Waals surface area (Å²) in [7, 11) is 0. The number of nitrogens with two attached hydrogens (primary N) is 1. The molecule has 0 aliphatic carbocycles. The van der Waals surface area contributed by atoms with E-state index in [1.807, 2.05) is 6.92 Å². The zero-order valence-electron chi connectivity index (χ0n) is 7.22. The average Bonchev–Trinajstić information content (AvgIpc) is 1.82. The fraction of sp³-hybridized carbons (Fsp3) is 0.714. The molecule has 0 saturated heterocycles. The molecular weight excluding hydrogens is 158 g/mol. The van der Waals surface area contributed by atoms with Crippen LogP contribution in [-0.4, -0.2) is 10.8 Å². The van der Waals surface area contributed by atoms with Crippen molar-refractivity contribution in [2.24, 2.45) is 16.8 Å². The van der Waals surface area contributed by atoms with E-state index in [4.69, 9.17) is 5.73 Å². The van der Waals surface area contributed by atoms with Crippen molar-refractivity contribution < 1.29 is 0 Å². The smallest absolute Gasteiger partial charge is 0.184 e. The third-order valence-electron chi connectivity index (χ3n) is 1.06. The summed E-state index contributed by atoms with van der Waals surface area (Å²) in [6, 6.07) is 0. The third kappa shape index (κ3) is 7.25. The summed E-state index contributed by atoms with van der Waals surface area (Å²) < 4.78 is 0. The van der Waals surface area contributed by atoms with Gasteiger partial charge in [0.05, 0.1) is 0 Å². The zero-order valence-corrected chi connectivity index (χ0v) is 8.03. The second kappa shape index (κ2) is 5.07. The van der Waals surface area contributed by atoms with Crippen LogP contribution in [0.15, 0.2) is 5.10 Å². The molecular formula is C7H15N3S. The summed E-state index contributed by atoms with van der Waals surface area (Å²) >= 11 is 4.59. The van der Waals surface area contributed by atoms with Crippen molar-refractivity contribution in [1.29, 1.82) is 0 Å². The number of hydrogen-bond acceptors (Lipinski definition) is 2. The maximum Gasteiger partial charge on any atom is 0.184 e. The minimum absolute atomic E-state index is 0.216. The van der Waals surface area contributed by atoms with Crippen molar-refractivity contribution in [3.05, 3.63) is 0 Å². The number of nitrogens with zero attached hydrogens (tertiary/aromatic N) is 1. The Hall–Kier alpha value is -0.640.